The van der Waals surface area contributed by atoms with Crippen molar-refractivity contribution in [3.63, 3.8) is 0 Å². The number of nitrogens with zero attached hydrogens (tertiary/aromatic N) is 1. The highest BCUT2D eigenvalue weighted by molar-refractivity contribution is 5.49. The van der Waals surface area contributed by atoms with Gasteiger partial charge in [0.05, 0.1) is 0 Å². The van der Waals surface area contributed by atoms with Crippen LogP contribution >= 0.6 is 0 Å². The normalized spacial score (nSPS) is 26.6. The highest BCUT2D eigenvalue weighted by Crippen LogP contribution is 2.21. The third-order valence-corrected chi connectivity index (χ3v) is 3.31. The molecular formula is C14H22N2. The SMILES string of the molecule is Cc1cccc(N2CC(C)CNCC2C)c1. The molecule has 0 amide bonds. The lowest BCUT2D eigenvalue weighted by molar-refractivity contribution is 0.564. The maximum Gasteiger partial charge on any atom is 0.0386 e. The number of nitrogens with one attached hydrogen (secondary N) is 1. The van der Waals surface area contributed by atoms with Crippen LogP contribution < -0.4 is 10.2 Å². The Morgan fingerprint density at radius 2 is 2.06 bits per heavy atom. The fraction of sp³-hybridized carbons (Fsp3) is 0.571. The number of rotatable bonds is 1. The second-order valence-electron chi connectivity index (χ2n) is 5.10. The highest BCUT2D eigenvalue weighted by Gasteiger charge is 2.20. The molecule has 2 atom stereocenters. The van der Waals surface area contributed by atoms with Gasteiger partial charge < -0.3 is 10.2 Å². The molecule has 0 bridgehead atoms. The van der Waals surface area contributed by atoms with Crippen LogP contribution in [0, 0.1) is 12.8 Å². The fourth-order valence-corrected chi connectivity index (χ4v) is 2.40. The first-order chi connectivity index (χ1) is 7.66. The van der Waals surface area contributed by atoms with Crippen LogP contribution in [0.1, 0.15) is 19.4 Å². The summed E-state index contributed by atoms with van der Waals surface area (Å²) in [6.07, 6.45) is 0. The van der Waals surface area contributed by atoms with Gasteiger partial charge in [0.15, 0.2) is 0 Å². The summed E-state index contributed by atoms with van der Waals surface area (Å²) in [6, 6.07) is 9.40. The molecule has 1 saturated heterocycles. The molecule has 88 valence electrons. The predicted molar refractivity (Wildman–Crippen MR) is 70.0 cm³/mol. The lowest BCUT2D eigenvalue weighted by atomic mass is 10.1. The highest BCUT2D eigenvalue weighted by atomic mass is 15.2. The maximum absolute atomic E-state index is 3.52. The van der Waals surface area contributed by atoms with Crippen LogP contribution in [0.4, 0.5) is 5.69 Å². The molecule has 0 aliphatic carbocycles. The van der Waals surface area contributed by atoms with Crippen molar-refractivity contribution in [3.05, 3.63) is 29.8 Å². The largest absolute Gasteiger partial charge is 0.367 e. The Morgan fingerprint density at radius 3 is 2.81 bits per heavy atom. The van der Waals surface area contributed by atoms with Gasteiger partial charge in [-0.3, -0.25) is 0 Å². The minimum absolute atomic E-state index is 0.576. The molecule has 0 radical (unpaired) electrons. The Hall–Kier alpha value is -1.02. The Bertz CT molecular complexity index is 348. The molecule has 16 heavy (non-hydrogen) atoms. The molecule has 2 nitrogen and oxygen atoms in total. The zero-order valence-electron chi connectivity index (χ0n) is 10.5. The van der Waals surface area contributed by atoms with Crippen molar-refractivity contribution in [2.45, 2.75) is 26.8 Å². The van der Waals surface area contributed by atoms with Crippen LogP contribution in [0.25, 0.3) is 0 Å². The van der Waals surface area contributed by atoms with Crippen molar-refractivity contribution < 1.29 is 0 Å². The summed E-state index contributed by atoms with van der Waals surface area (Å²) in [5.74, 6) is 0.713. The molecule has 2 heteroatoms. The van der Waals surface area contributed by atoms with E-state index in [0.717, 1.165) is 19.6 Å². The van der Waals surface area contributed by atoms with Crippen LogP contribution in [-0.2, 0) is 0 Å². The first-order valence-electron chi connectivity index (χ1n) is 6.21. The first-order valence-corrected chi connectivity index (χ1v) is 6.21. The second kappa shape index (κ2) is 4.88. The van der Waals surface area contributed by atoms with E-state index < -0.39 is 0 Å². The minimum Gasteiger partial charge on any atom is -0.367 e. The second-order valence-corrected chi connectivity index (χ2v) is 5.10. The van der Waals surface area contributed by atoms with Gasteiger partial charge in [0, 0.05) is 24.8 Å². The van der Waals surface area contributed by atoms with E-state index in [4.69, 9.17) is 0 Å². The van der Waals surface area contributed by atoms with Crippen LogP contribution in [0.15, 0.2) is 24.3 Å². The van der Waals surface area contributed by atoms with E-state index in [0.29, 0.717) is 12.0 Å². The molecule has 1 aliphatic heterocycles. The quantitative estimate of drug-likeness (QED) is 0.779. The fourth-order valence-electron chi connectivity index (χ4n) is 2.40. The van der Waals surface area contributed by atoms with Crippen molar-refractivity contribution in [2.24, 2.45) is 5.92 Å². The lowest BCUT2D eigenvalue weighted by Gasteiger charge is -2.30. The molecule has 2 rings (SSSR count). The molecular weight excluding hydrogens is 196 g/mol. The van der Waals surface area contributed by atoms with E-state index in [1.807, 2.05) is 0 Å². The summed E-state index contributed by atoms with van der Waals surface area (Å²) in [7, 11) is 0. The molecule has 2 unspecified atom stereocenters. The van der Waals surface area contributed by atoms with Crippen LogP contribution in [0.5, 0.6) is 0 Å². The van der Waals surface area contributed by atoms with Gasteiger partial charge in [0.25, 0.3) is 0 Å². The van der Waals surface area contributed by atoms with E-state index in [1.165, 1.54) is 11.3 Å². The standard InChI is InChI=1S/C14H22N2/c1-11-5-4-6-14(7-11)16-10-12(2)8-15-9-13(16)3/h4-7,12-13,15H,8-10H2,1-3H3. The molecule has 1 aliphatic rings. The predicted octanol–water partition coefficient (Wildman–Crippen LogP) is 2.43. The Balaban J connectivity index is 2.22. The average Bonchev–Trinajstić information content (AvgIpc) is 2.41. The Labute approximate surface area is 98.7 Å². The molecule has 1 aromatic carbocycles. The number of benzene rings is 1. The van der Waals surface area contributed by atoms with Crippen molar-refractivity contribution in [1.29, 1.82) is 0 Å². The maximum atomic E-state index is 3.52. The Morgan fingerprint density at radius 1 is 1.25 bits per heavy atom. The van der Waals surface area contributed by atoms with Gasteiger partial charge in [0.2, 0.25) is 0 Å². The third kappa shape index (κ3) is 2.56. The average molecular weight is 218 g/mol. The van der Waals surface area contributed by atoms with E-state index >= 15 is 0 Å². The molecule has 0 saturated carbocycles. The summed E-state index contributed by atoms with van der Waals surface area (Å²) in [5.41, 5.74) is 2.71. The summed E-state index contributed by atoms with van der Waals surface area (Å²) in [4.78, 5) is 2.53. The Kier molecular flexibility index (Phi) is 3.49. The van der Waals surface area contributed by atoms with Gasteiger partial charge in [-0.05, 0) is 44.0 Å². The van der Waals surface area contributed by atoms with Gasteiger partial charge in [-0.15, -0.1) is 0 Å². The van der Waals surface area contributed by atoms with Crippen LogP contribution in [0.3, 0.4) is 0 Å². The van der Waals surface area contributed by atoms with Crippen molar-refractivity contribution in [1.82, 2.24) is 5.32 Å². The van der Waals surface area contributed by atoms with E-state index in [9.17, 15) is 0 Å². The van der Waals surface area contributed by atoms with Gasteiger partial charge in [-0.25, -0.2) is 0 Å². The topological polar surface area (TPSA) is 15.3 Å². The van der Waals surface area contributed by atoms with Gasteiger partial charge >= 0.3 is 0 Å². The lowest BCUT2D eigenvalue weighted by Crippen LogP contribution is -2.38. The minimum atomic E-state index is 0.576. The van der Waals surface area contributed by atoms with E-state index in [2.05, 4.69) is 55.3 Å². The summed E-state index contributed by atoms with van der Waals surface area (Å²) in [6.45, 7) is 10.1. The summed E-state index contributed by atoms with van der Waals surface area (Å²) in [5, 5.41) is 3.52. The molecule has 1 heterocycles. The van der Waals surface area contributed by atoms with Gasteiger partial charge in [-0.1, -0.05) is 19.1 Å². The van der Waals surface area contributed by atoms with Crippen molar-refractivity contribution >= 4 is 5.69 Å². The van der Waals surface area contributed by atoms with Gasteiger partial charge in [0.1, 0.15) is 0 Å². The monoisotopic (exact) mass is 218 g/mol. The van der Waals surface area contributed by atoms with E-state index in [1.54, 1.807) is 0 Å². The molecule has 0 aromatic heterocycles. The molecule has 1 fully saturated rings. The first kappa shape index (κ1) is 11.5. The molecule has 0 spiro atoms. The van der Waals surface area contributed by atoms with Crippen molar-refractivity contribution in [2.75, 3.05) is 24.5 Å². The summed E-state index contributed by atoms with van der Waals surface area (Å²) >= 11 is 0. The van der Waals surface area contributed by atoms with Crippen LogP contribution in [-0.4, -0.2) is 25.7 Å². The van der Waals surface area contributed by atoms with Gasteiger partial charge in [-0.2, -0.15) is 0 Å². The summed E-state index contributed by atoms with van der Waals surface area (Å²) < 4.78 is 0. The molecule has 1 N–H and O–H groups in total. The zero-order valence-corrected chi connectivity index (χ0v) is 10.5. The van der Waals surface area contributed by atoms with E-state index in [-0.39, 0.29) is 0 Å². The number of hydrogen-bond donors (Lipinski definition) is 1. The smallest absolute Gasteiger partial charge is 0.0386 e. The number of hydrogen-bond acceptors (Lipinski definition) is 2. The third-order valence-electron chi connectivity index (χ3n) is 3.31. The van der Waals surface area contributed by atoms with Crippen LogP contribution in [0.2, 0.25) is 0 Å². The van der Waals surface area contributed by atoms with Crippen molar-refractivity contribution in [3.8, 4) is 0 Å². The zero-order chi connectivity index (χ0) is 11.5. The number of anilines is 1. The number of aryl methyl sites for hydroxylation is 1. The molecule has 1 aromatic rings.